The third-order valence-corrected chi connectivity index (χ3v) is 4.63. The molecule has 0 aliphatic rings. The van der Waals surface area contributed by atoms with E-state index >= 15 is 0 Å². The quantitative estimate of drug-likeness (QED) is 0.738. The highest BCUT2D eigenvalue weighted by molar-refractivity contribution is 7.98. The summed E-state index contributed by atoms with van der Waals surface area (Å²) in [6.07, 6.45) is -1.88. The first kappa shape index (κ1) is 19.5. The predicted molar refractivity (Wildman–Crippen MR) is 93.0 cm³/mol. The van der Waals surface area contributed by atoms with E-state index in [0.29, 0.717) is 17.0 Å². The Morgan fingerprint density at radius 2 is 2.04 bits per heavy atom. The Kier molecular flexibility index (Phi) is 6.28. The number of halogens is 3. The summed E-state index contributed by atoms with van der Waals surface area (Å²) in [5, 5.41) is 9.61. The van der Waals surface area contributed by atoms with E-state index in [2.05, 4.69) is 15.5 Å². The normalized spacial score (nSPS) is 12.8. The Labute approximate surface area is 152 Å². The summed E-state index contributed by atoms with van der Waals surface area (Å²) in [5.41, 5.74) is -0.642. The second-order valence-corrected chi connectivity index (χ2v) is 6.70. The van der Waals surface area contributed by atoms with Crippen LogP contribution in [-0.4, -0.2) is 32.7 Å². The standard InChI is InChI=1S/C15H17F3N4OS2/c1-22-12(20-21-14(22)24)11(7-8-25-2)19-13(23)9-3-5-10(6-4-9)15(16,17)18/h3-6,11H,7-8H2,1-2H3,(H,19,23)(H,21,24)/t11-/m1/s1. The summed E-state index contributed by atoms with van der Waals surface area (Å²) < 4.78 is 39.9. The molecule has 2 aromatic rings. The molecule has 10 heteroatoms. The molecule has 2 N–H and O–H groups in total. The van der Waals surface area contributed by atoms with Crippen LogP contribution >= 0.6 is 24.0 Å². The van der Waals surface area contributed by atoms with Gasteiger partial charge in [-0.2, -0.15) is 30.0 Å². The first-order valence-corrected chi connectivity index (χ1v) is 9.12. The molecule has 0 bridgehead atoms. The lowest BCUT2D eigenvalue weighted by Gasteiger charge is -2.18. The van der Waals surface area contributed by atoms with Gasteiger partial charge in [0, 0.05) is 12.6 Å². The summed E-state index contributed by atoms with van der Waals surface area (Å²) in [6.45, 7) is 0. The van der Waals surface area contributed by atoms with Gasteiger partial charge in [-0.3, -0.25) is 9.89 Å². The Balaban J connectivity index is 2.19. The van der Waals surface area contributed by atoms with Crippen LogP contribution in [0.25, 0.3) is 0 Å². The summed E-state index contributed by atoms with van der Waals surface area (Å²) in [5.74, 6) is 0.880. The zero-order chi connectivity index (χ0) is 18.6. The molecule has 0 aliphatic heterocycles. The molecule has 0 radical (unpaired) electrons. The third kappa shape index (κ3) is 4.85. The number of nitrogens with one attached hydrogen (secondary N) is 2. The second-order valence-electron chi connectivity index (χ2n) is 5.33. The lowest BCUT2D eigenvalue weighted by atomic mass is 10.1. The fourth-order valence-electron chi connectivity index (χ4n) is 2.22. The zero-order valence-electron chi connectivity index (χ0n) is 13.6. The van der Waals surface area contributed by atoms with Crippen LogP contribution in [0.1, 0.15) is 34.2 Å². The molecule has 1 aromatic heterocycles. The maximum absolute atomic E-state index is 12.6. The van der Waals surface area contributed by atoms with Crippen molar-refractivity contribution in [2.75, 3.05) is 12.0 Å². The number of carbonyl (C=O) groups is 1. The summed E-state index contributed by atoms with van der Waals surface area (Å²) in [4.78, 5) is 12.4. The van der Waals surface area contributed by atoms with E-state index in [9.17, 15) is 18.0 Å². The largest absolute Gasteiger partial charge is 0.416 e. The molecule has 25 heavy (non-hydrogen) atoms. The Morgan fingerprint density at radius 3 is 2.52 bits per heavy atom. The molecule has 1 heterocycles. The molecule has 0 fully saturated rings. The Bertz CT molecular complexity index is 783. The number of carbonyl (C=O) groups excluding carboxylic acids is 1. The van der Waals surface area contributed by atoms with Gasteiger partial charge in [-0.1, -0.05) is 0 Å². The number of benzene rings is 1. The highest BCUT2D eigenvalue weighted by Crippen LogP contribution is 2.29. The molecule has 0 saturated carbocycles. The van der Waals surface area contributed by atoms with Crippen LogP contribution in [0.15, 0.2) is 24.3 Å². The number of hydrogen-bond donors (Lipinski definition) is 2. The van der Waals surface area contributed by atoms with Crippen molar-refractivity contribution >= 4 is 29.9 Å². The van der Waals surface area contributed by atoms with Crippen LogP contribution in [0.4, 0.5) is 13.2 Å². The molecular weight excluding hydrogens is 373 g/mol. The highest BCUT2D eigenvalue weighted by Gasteiger charge is 2.30. The fraction of sp³-hybridized carbons (Fsp3) is 0.400. The Morgan fingerprint density at radius 1 is 1.40 bits per heavy atom. The van der Waals surface area contributed by atoms with Gasteiger partial charge in [-0.05, 0) is 54.9 Å². The maximum Gasteiger partial charge on any atom is 0.416 e. The number of aromatic nitrogens is 3. The van der Waals surface area contributed by atoms with Gasteiger partial charge in [0.25, 0.3) is 5.91 Å². The molecule has 1 atom stereocenters. The first-order chi connectivity index (χ1) is 11.7. The van der Waals surface area contributed by atoms with Crippen molar-refractivity contribution in [3.63, 3.8) is 0 Å². The minimum atomic E-state index is -4.43. The van der Waals surface area contributed by atoms with Crippen LogP contribution in [0.2, 0.25) is 0 Å². The lowest BCUT2D eigenvalue weighted by Crippen LogP contribution is -2.31. The van der Waals surface area contributed by atoms with Crippen molar-refractivity contribution in [2.24, 2.45) is 7.05 Å². The van der Waals surface area contributed by atoms with Gasteiger partial charge in [-0.15, -0.1) is 0 Å². The number of amides is 1. The molecule has 1 amide bonds. The number of hydrogen-bond acceptors (Lipinski definition) is 4. The van der Waals surface area contributed by atoms with Gasteiger partial charge < -0.3 is 9.88 Å². The average Bonchev–Trinajstić information content (AvgIpc) is 2.90. The predicted octanol–water partition coefficient (Wildman–Crippen LogP) is 3.72. The second kappa shape index (κ2) is 8.05. The van der Waals surface area contributed by atoms with E-state index in [1.54, 1.807) is 23.4 Å². The van der Waals surface area contributed by atoms with Gasteiger partial charge in [0.15, 0.2) is 10.6 Å². The van der Waals surface area contributed by atoms with E-state index < -0.39 is 23.7 Å². The molecule has 0 aliphatic carbocycles. The highest BCUT2D eigenvalue weighted by atomic mass is 32.2. The first-order valence-electron chi connectivity index (χ1n) is 7.32. The number of H-pyrrole nitrogens is 1. The van der Waals surface area contributed by atoms with Crippen LogP contribution < -0.4 is 5.32 Å². The fourth-order valence-corrected chi connectivity index (χ4v) is 2.84. The number of rotatable bonds is 6. The molecule has 5 nitrogen and oxygen atoms in total. The van der Waals surface area contributed by atoms with Gasteiger partial charge in [0.05, 0.1) is 11.6 Å². The van der Waals surface area contributed by atoms with Crippen LogP contribution in [0.3, 0.4) is 0 Å². The van der Waals surface area contributed by atoms with Crippen molar-refractivity contribution in [3.05, 3.63) is 46.0 Å². The smallest absolute Gasteiger partial charge is 0.342 e. The lowest BCUT2D eigenvalue weighted by molar-refractivity contribution is -0.137. The summed E-state index contributed by atoms with van der Waals surface area (Å²) in [6, 6.07) is 3.70. The molecule has 1 aromatic carbocycles. The number of alkyl halides is 3. The monoisotopic (exact) mass is 390 g/mol. The van der Waals surface area contributed by atoms with Gasteiger partial charge in [-0.25, -0.2) is 0 Å². The molecule has 0 spiro atoms. The van der Waals surface area contributed by atoms with Crippen molar-refractivity contribution in [3.8, 4) is 0 Å². The van der Waals surface area contributed by atoms with Crippen LogP contribution in [0.5, 0.6) is 0 Å². The molecular formula is C15H17F3N4OS2. The van der Waals surface area contributed by atoms with Gasteiger partial charge in [0.1, 0.15) is 0 Å². The van der Waals surface area contributed by atoms with E-state index in [0.717, 1.165) is 30.0 Å². The van der Waals surface area contributed by atoms with Crippen LogP contribution in [-0.2, 0) is 13.2 Å². The maximum atomic E-state index is 12.6. The molecule has 0 unspecified atom stereocenters. The Hall–Kier alpha value is -1.81. The van der Waals surface area contributed by atoms with Crippen LogP contribution in [0, 0.1) is 4.77 Å². The number of aromatic amines is 1. The zero-order valence-corrected chi connectivity index (χ0v) is 15.2. The average molecular weight is 390 g/mol. The van der Waals surface area contributed by atoms with E-state index in [-0.39, 0.29) is 5.56 Å². The molecule has 136 valence electrons. The third-order valence-electron chi connectivity index (χ3n) is 3.62. The van der Waals surface area contributed by atoms with Gasteiger partial charge in [0.2, 0.25) is 0 Å². The topological polar surface area (TPSA) is 62.7 Å². The van der Waals surface area contributed by atoms with Gasteiger partial charge >= 0.3 is 6.18 Å². The number of nitrogens with zero attached hydrogens (tertiary/aromatic N) is 2. The van der Waals surface area contributed by atoms with Crippen molar-refractivity contribution < 1.29 is 18.0 Å². The summed E-state index contributed by atoms with van der Waals surface area (Å²) in [7, 11) is 1.73. The number of thioether (sulfide) groups is 1. The molecule has 0 saturated heterocycles. The van der Waals surface area contributed by atoms with Crippen molar-refractivity contribution in [1.82, 2.24) is 20.1 Å². The minimum Gasteiger partial charge on any atom is -0.342 e. The van der Waals surface area contributed by atoms with Crippen molar-refractivity contribution in [1.29, 1.82) is 0 Å². The summed E-state index contributed by atoms with van der Waals surface area (Å²) >= 11 is 6.70. The SMILES string of the molecule is CSCC[C@@H](NC(=O)c1ccc(C(F)(F)F)cc1)c1n[nH]c(=S)n1C. The van der Waals surface area contributed by atoms with E-state index in [1.807, 2.05) is 6.26 Å². The van der Waals surface area contributed by atoms with E-state index in [1.165, 1.54) is 0 Å². The van der Waals surface area contributed by atoms with E-state index in [4.69, 9.17) is 12.2 Å². The minimum absolute atomic E-state index is 0.152. The molecule has 2 rings (SSSR count). The van der Waals surface area contributed by atoms with Crippen molar-refractivity contribution in [2.45, 2.75) is 18.6 Å².